The van der Waals surface area contributed by atoms with Gasteiger partial charge in [0.2, 0.25) is 0 Å². The minimum atomic E-state index is -1.11. The third kappa shape index (κ3) is 4.56. The minimum Gasteiger partial charge on any atom is -0.477 e. The lowest BCUT2D eigenvalue weighted by Gasteiger charge is -2.10. The van der Waals surface area contributed by atoms with Gasteiger partial charge in [0.1, 0.15) is 16.4 Å². The van der Waals surface area contributed by atoms with Crippen LogP contribution in [0.2, 0.25) is 0 Å². The molecule has 0 aliphatic rings. The number of nitrogens with one attached hydrogen (secondary N) is 3. The fourth-order valence-corrected chi connectivity index (χ4v) is 2.67. The van der Waals surface area contributed by atoms with E-state index < -0.39 is 5.97 Å². The molecular formula is C15H15N5O2S2. The number of rotatable bonds is 5. The van der Waals surface area contributed by atoms with Gasteiger partial charge in [-0.15, -0.1) is 0 Å². The number of aromatic nitrogens is 2. The van der Waals surface area contributed by atoms with Crippen molar-refractivity contribution in [3.63, 3.8) is 0 Å². The van der Waals surface area contributed by atoms with Gasteiger partial charge in [0.05, 0.1) is 5.04 Å². The quantitative estimate of drug-likeness (QED) is 0.277. The monoisotopic (exact) mass is 361 g/mol. The van der Waals surface area contributed by atoms with Crippen LogP contribution in [-0.2, 0) is 0 Å². The Balaban J connectivity index is 2.24. The highest BCUT2D eigenvalue weighted by Gasteiger charge is 2.14. The molecule has 1 heterocycles. The van der Waals surface area contributed by atoms with Crippen LogP contribution in [0.5, 0.6) is 0 Å². The SMILES string of the molecule is CSc1ncc(C(=O)O)c(Nc2ccc(C(=N)SC(C)=N)cc2)n1. The van der Waals surface area contributed by atoms with Crippen LogP contribution in [-0.4, -0.2) is 37.4 Å². The molecule has 2 rings (SSSR count). The van der Waals surface area contributed by atoms with Crippen LogP contribution in [0.3, 0.4) is 0 Å². The molecule has 0 amide bonds. The molecule has 0 saturated heterocycles. The summed E-state index contributed by atoms with van der Waals surface area (Å²) < 4.78 is 0. The highest BCUT2D eigenvalue weighted by molar-refractivity contribution is 8.26. The predicted molar refractivity (Wildman–Crippen MR) is 98.3 cm³/mol. The third-order valence-corrected chi connectivity index (χ3v) is 4.15. The summed E-state index contributed by atoms with van der Waals surface area (Å²) in [5.41, 5.74) is 1.32. The van der Waals surface area contributed by atoms with Gasteiger partial charge in [0.25, 0.3) is 0 Å². The Kier molecular flexibility index (Phi) is 5.93. The molecule has 0 bridgehead atoms. The zero-order valence-corrected chi connectivity index (χ0v) is 14.6. The first-order valence-electron chi connectivity index (χ1n) is 6.74. The van der Waals surface area contributed by atoms with Crippen molar-refractivity contribution < 1.29 is 9.90 Å². The molecule has 1 aromatic carbocycles. The van der Waals surface area contributed by atoms with Gasteiger partial charge in [-0.25, -0.2) is 14.8 Å². The van der Waals surface area contributed by atoms with Gasteiger partial charge in [0.15, 0.2) is 5.16 Å². The first-order chi connectivity index (χ1) is 11.4. The van der Waals surface area contributed by atoms with Crippen molar-refractivity contribution in [1.29, 1.82) is 10.8 Å². The Morgan fingerprint density at radius 2 is 1.92 bits per heavy atom. The number of aromatic carboxylic acids is 1. The second kappa shape index (κ2) is 7.93. The fourth-order valence-electron chi connectivity index (χ4n) is 1.77. The number of carbonyl (C=O) groups is 1. The average molecular weight is 361 g/mol. The normalized spacial score (nSPS) is 10.2. The smallest absolute Gasteiger partial charge is 0.341 e. The van der Waals surface area contributed by atoms with Gasteiger partial charge in [-0.2, -0.15) is 0 Å². The summed E-state index contributed by atoms with van der Waals surface area (Å²) in [6, 6.07) is 6.93. The summed E-state index contributed by atoms with van der Waals surface area (Å²) >= 11 is 2.39. The van der Waals surface area contributed by atoms with Crippen molar-refractivity contribution in [2.45, 2.75) is 12.1 Å². The number of nitrogens with zero attached hydrogens (tertiary/aromatic N) is 2. The van der Waals surface area contributed by atoms with Crippen LogP contribution >= 0.6 is 23.5 Å². The maximum absolute atomic E-state index is 11.3. The third-order valence-electron chi connectivity index (χ3n) is 2.84. The molecule has 1 aromatic heterocycles. The van der Waals surface area contributed by atoms with Crippen LogP contribution in [0, 0.1) is 10.8 Å². The van der Waals surface area contributed by atoms with Crippen LogP contribution in [0.25, 0.3) is 0 Å². The van der Waals surface area contributed by atoms with E-state index in [9.17, 15) is 9.90 Å². The number of benzene rings is 1. The summed E-state index contributed by atoms with van der Waals surface area (Å²) in [6.07, 6.45) is 3.08. The standard InChI is InChI=1S/C15H15N5O2S2/c1-8(16)24-12(17)9-3-5-10(6-4-9)19-13-11(14(21)22)7-18-15(20-13)23-2/h3-7,16-17H,1-2H3,(H,21,22)(H,18,19,20). The Bertz CT molecular complexity index is 793. The summed E-state index contributed by atoms with van der Waals surface area (Å²) in [5, 5.41) is 28.6. The lowest BCUT2D eigenvalue weighted by Crippen LogP contribution is -2.07. The second-order valence-electron chi connectivity index (χ2n) is 4.61. The molecule has 0 unspecified atom stereocenters. The van der Waals surface area contributed by atoms with E-state index >= 15 is 0 Å². The Morgan fingerprint density at radius 3 is 2.46 bits per heavy atom. The number of anilines is 2. The summed E-state index contributed by atoms with van der Waals surface area (Å²) in [7, 11) is 0. The van der Waals surface area contributed by atoms with Gasteiger partial charge in [-0.3, -0.25) is 10.8 Å². The molecule has 0 atom stereocenters. The molecule has 7 nitrogen and oxygen atoms in total. The van der Waals surface area contributed by atoms with Crippen molar-refractivity contribution in [2.24, 2.45) is 0 Å². The van der Waals surface area contributed by atoms with E-state index in [1.165, 1.54) is 18.0 Å². The van der Waals surface area contributed by atoms with Crippen molar-refractivity contribution in [1.82, 2.24) is 9.97 Å². The topological polar surface area (TPSA) is 123 Å². The molecule has 0 fully saturated rings. The molecule has 0 radical (unpaired) electrons. The molecule has 0 saturated carbocycles. The van der Waals surface area contributed by atoms with Gasteiger partial charge in [-0.1, -0.05) is 35.7 Å². The summed E-state index contributed by atoms with van der Waals surface area (Å²) in [5.74, 6) is -0.893. The highest BCUT2D eigenvalue weighted by Crippen LogP contribution is 2.22. The fraction of sp³-hybridized carbons (Fsp3) is 0.133. The van der Waals surface area contributed by atoms with E-state index in [-0.39, 0.29) is 16.4 Å². The van der Waals surface area contributed by atoms with Crippen LogP contribution in [0.4, 0.5) is 11.5 Å². The van der Waals surface area contributed by atoms with Gasteiger partial charge < -0.3 is 10.4 Å². The van der Waals surface area contributed by atoms with Crippen molar-refractivity contribution in [3.8, 4) is 0 Å². The molecule has 24 heavy (non-hydrogen) atoms. The minimum absolute atomic E-state index is 0.0143. The molecule has 4 N–H and O–H groups in total. The lowest BCUT2D eigenvalue weighted by atomic mass is 10.2. The van der Waals surface area contributed by atoms with Crippen LogP contribution < -0.4 is 5.32 Å². The Labute approximate surface area is 147 Å². The molecular weight excluding hydrogens is 346 g/mol. The molecule has 2 aromatic rings. The van der Waals surface area contributed by atoms with Gasteiger partial charge in [0, 0.05) is 17.4 Å². The number of hydrogen-bond donors (Lipinski definition) is 4. The molecule has 0 aliphatic carbocycles. The van der Waals surface area contributed by atoms with E-state index in [0.717, 1.165) is 11.8 Å². The van der Waals surface area contributed by atoms with E-state index in [1.54, 1.807) is 31.2 Å². The van der Waals surface area contributed by atoms with Crippen molar-refractivity contribution in [2.75, 3.05) is 11.6 Å². The van der Waals surface area contributed by atoms with Crippen molar-refractivity contribution >= 4 is 51.1 Å². The maximum Gasteiger partial charge on any atom is 0.341 e. The second-order valence-corrected chi connectivity index (χ2v) is 6.61. The molecule has 9 heteroatoms. The zero-order chi connectivity index (χ0) is 17.7. The zero-order valence-electron chi connectivity index (χ0n) is 13.0. The van der Waals surface area contributed by atoms with E-state index in [0.29, 0.717) is 21.5 Å². The van der Waals surface area contributed by atoms with E-state index in [1.807, 2.05) is 6.26 Å². The predicted octanol–water partition coefficient (Wildman–Crippen LogP) is 3.70. The summed E-state index contributed by atoms with van der Waals surface area (Å²) in [6.45, 7) is 1.63. The number of thioether (sulfide) groups is 2. The maximum atomic E-state index is 11.3. The van der Waals surface area contributed by atoms with E-state index in [2.05, 4.69) is 15.3 Å². The number of hydrogen-bond acceptors (Lipinski definition) is 8. The Morgan fingerprint density at radius 1 is 1.25 bits per heavy atom. The average Bonchev–Trinajstić information content (AvgIpc) is 2.54. The molecule has 0 spiro atoms. The van der Waals surface area contributed by atoms with Crippen molar-refractivity contribution in [3.05, 3.63) is 41.6 Å². The van der Waals surface area contributed by atoms with Gasteiger partial charge >= 0.3 is 5.97 Å². The Hall–Kier alpha value is -2.39. The van der Waals surface area contributed by atoms with E-state index in [4.69, 9.17) is 10.8 Å². The van der Waals surface area contributed by atoms with Crippen LogP contribution in [0.15, 0.2) is 35.6 Å². The van der Waals surface area contributed by atoms with Crippen LogP contribution in [0.1, 0.15) is 22.8 Å². The first-order valence-corrected chi connectivity index (χ1v) is 8.78. The highest BCUT2D eigenvalue weighted by atomic mass is 32.2. The largest absolute Gasteiger partial charge is 0.477 e. The molecule has 124 valence electrons. The number of carboxylic acid groups (broad SMARTS) is 1. The number of carboxylic acids is 1. The lowest BCUT2D eigenvalue weighted by molar-refractivity contribution is 0.0697. The summed E-state index contributed by atoms with van der Waals surface area (Å²) in [4.78, 5) is 19.4. The molecule has 0 aliphatic heterocycles. The van der Waals surface area contributed by atoms with Gasteiger partial charge in [-0.05, 0) is 25.3 Å². The first kappa shape index (κ1) is 18.0.